The summed E-state index contributed by atoms with van der Waals surface area (Å²) in [5.41, 5.74) is 4.21. The zero-order valence-corrected chi connectivity index (χ0v) is 10.4. The highest BCUT2D eigenvalue weighted by Gasteiger charge is 2.20. The highest BCUT2D eigenvalue weighted by Crippen LogP contribution is 2.21. The van der Waals surface area contributed by atoms with Crippen LogP contribution in [0.2, 0.25) is 0 Å². The van der Waals surface area contributed by atoms with Crippen molar-refractivity contribution in [2.75, 3.05) is 6.61 Å². The molecule has 0 unspecified atom stereocenters. The molecule has 0 spiro atoms. The van der Waals surface area contributed by atoms with Crippen molar-refractivity contribution >= 4 is 5.71 Å². The molecule has 3 rings (SSSR count). The second kappa shape index (κ2) is 5.20. The molecule has 0 aliphatic carbocycles. The van der Waals surface area contributed by atoms with Gasteiger partial charge in [0.2, 0.25) is 0 Å². The second-order valence-corrected chi connectivity index (χ2v) is 4.47. The zero-order chi connectivity index (χ0) is 13.1. The fourth-order valence-corrected chi connectivity index (χ4v) is 2.10. The molecule has 2 heterocycles. The van der Waals surface area contributed by atoms with Crippen LogP contribution in [-0.2, 0) is 4.84 Å². The van der Waals surface area contributed by atoms with E-state index < -0.39 is 0 Å². The summed E-state index contributed by atoms with van der Waals surface area (Å²) in [6.07, 6.45) is 4.02. The summed E-state index contributed by atoms with van der Waals surface area (Å²) >= 11 is 0. The van der Waals surface area contributed by atoms with Gasteiger partial charge >= 0.3 is 0 Å². The Morgan fingerprint density at radius 3 is 2.26 bits per heavy atom. The fourth-order valence-electron chi connectivity index (χ4n) is 2.10. The van der Waals surface area contributed by atoms with E-state index in [1.165, 1.54) is 0 Å². The summed E-state index contributed by atoms with van der Waals surface area (Å²) < 4.78 is 0. The van der Waals surface area contributed by atoms with Gasteiger partial charge in [-0.25, -0.2) is 0 Å². The average molecular weight is 254 g/mol. The maximum atomic E-state index is 9.02. The van der Waals surface area contributed by atoms with Crippen LogP contribution in [0.4, 0.5) is 0 Å². The highest BCUT2D eigenvalue weighted by atomic mass is 16.6. The number of oxime groups is 1. The maximum Gasteiger partial charge on any atom is 0.156 e. The van der Waals surface area contributed by atoms with Crippen LogP contribution in [-0.4, -0.2) is 28.5 Å². The van der Waals surface area contributed by atoms with Gasteiger partial charge < -0.3 is 9.94 Å². The van der Waals surface area contributed by atoms with E-state index >= 15 is 0 Å². The number of nitrogens with zero attached hydrogens (tertiary/aromatic N) is 2. The molecule has 0 saturated heterocycles. The summed E-state index contributed by atoms with van der Waals surface area (Å²) in [7, 11) is 0. The number of aromatic nitrogens is 1. The third-order valence-corrected chi connectivity index (χ3v) is 3.17. The molecule has 4 heteroatoms. The molecule has 0 fully saturated rings. The van der Waals surface area contributed by atoms with Crippen molar-refractivity contribution < 1.29 is 9.94 Å². The van der Waals surface area contributed by atoms with E-state index in [2.05, 4.69) is 22.3 Å². The Labute approximate surface area is 111 Å². The van der Waals surface area contributed by atoms with Crippen molar-refractivity contribution in [3.05, 3.63) is 54.4 Å². The van der Waals surface area contributed by atoms with Gasteiger partial charge in [0.15, 0.2) is 6.10 Å². The van der Waals surface area contributed by atoms with Crippen LogP contribution < -0.4 is 0 Å². The van der Waals surface area contributed by atoms with E-state index in [1.54, 1.807) is 12.4 Å². The van der Waals surface area contributed by atoms with Gasteiger partial charge in [-0.15, -0.1) is 0 Å². The van der Waals surface area contributed by atoms with Gasteiger partial charge in [0.25, 0.3) is 0 Å². The number of hydrogen-bond acceptors (Lipinski definition) is 4. The lowest BCUT2D eigenvalue weighted by Gasteiger charge is -2.04. The van der Waals surface area contributed by atoms with Crippen molar-refractivity contribution in [1.29, 1.82) is 0 Å². The summed E-state index contributed by atoms with van der Waals surface area (Å²) in [6.45, 7) is 0.00208. The minimum absolute atomic E-state index is 0.00208. The van der Waals surface area contributed by atoms with E-state index in [4.69, 9.17) is 9.94 Å². The van der Waals surface area contributed by atoms with Crippen molar-refractivity contribution in [1.82, 2.24) is 4.98 Å². The lowest BCUT2D eigenvalue weighted by Crippen LogP contribution is -2.12. The van der Waals surface area contributed by atoms with Crippen LogP contribution in [0.1, 0.15) is 12.0 Å². The monoisotopic (exact) mass is 254 g/mol. The highest BCUT2D eigenvalue weighted by molar-refractivity contribution is 6.01. The van der Waals surface area contributed by atoms with Crippen molar-refractivity contribution in [3.63, 3.8) is 0 Å². The lowest BCUT2D eigenvalue weighted by atomic mass is 10.0. The molecule has 1 aliphatic heterocycles. The van der Waals surface area contributed by atoms with E-state index in [9.17, 15) is 0 Å². The molecule has 1 aliphatic rings. The molecule has 1 N–H and O–H groups in total. The first kappa shape index (κ1) is 11.9. The smallest absolute Gasteiger partial charge is 0.156 e. The number of aliphatic hydroxyl groups is 1. The van der Waals surface area contributed by atoms with Crippen molar-refractivity contribution in [2.24, 2.45) is 5.16 Å². The van der Waals surface area contributed by atoms with Crippen molar-refractivity contribution in [2.45, 2.75) is 12.5 Å². The Morgan fingerprint density at radius 1 is 1.00 bits per heavy atom. The second-order valence-electron chi connectivity index (χ2n) is 4.47. The average Bonchev–Trinajstić information content (AvgIpc) is 2.97. The number of aliphatic hydroxyl groups excluding tert-OH is 1. The lowest BCUT2D eigenvalue weighted by molar-refractivity contribution is 0.0390. The zero-order valence-electron chi connectivity index (χ0n) is 10.4. The normalized spacial score (nSPS) is 17.9. The van der Waals surface area contributed by atoms with Gasteiger partial charge in [-0.1, -0.05) is 29.4 Å². The number of hydrogen-bond donors (Lipinski definition) is 1. The van der Waals surface area contributed by atoms with Gasteiger partial charge in [0.05, 0.1) is 12.3 Å². The topological polar surface area (TPSA) is 54.7 Å². The molecule has 0 amide bonds. The van der Waals surface area contributed by atoms with Crippen LogP contribution in [0.3, 0.4) is 0 Å². The van der Waals surface area contributed by atoms with Gasteiger partial charge in [-0.3, -0.25) is 4.98 Å². The maximum absolute atomic E-state index is 9.02. The Hall–Kier alpha value is -2.20. The van der Waals surface area contributed by atoms with Gasteiger partial charge in [-0.05, 0) is 28.8 Å². The minimum atomic E-state index is -0.199. The van der Waals surface area contributed by atoms with Crippen LogP contribution in [0.15, 0.2) is 53.9 Å². The standard InChI is InChI=1S/C15H14N2O2/c18-10-14-9-15(17-19-14)13-3-1-11(2-4-13)12-5-7-16-8-6-12/h1-8,14,18H,9-10H2/t14-/m1/s1. The van der Waals surface area contributed by atoms with E-state index in [-0.39, 0.29) is 12.7 Å². The molecular weight excluding hydrogens is 240 g/mol. The largest absolute Gasteiger partial charge is 0.392 e. The summed E-state index contributed by atoms with van der Waals surface area (Å²) in [4.78, 5) is 9.12. The van der Waals surface area contributed by atoms with Gasteiger partial charge in [-0.2, -0.15) is 0 Å². The first-order valence-electron chi connectivity index (χ1n) is 6.21. The van der Waals surface area contributed by atoms with E-state index in [1.807, 2.05) is 24.3 Å². The van der Waals surface area contributed by atoms with Gasteiger partial charge in [0.1, 0.15) is 0 Å². The quantitative estimate of drug-likeness (QED) is 0.913. The summed E-state index contributed by atoms with van der Waals surface area (Å²) in [6, 6.07) is 12.1. The number of pyridine rings is 1. The number of benzene rings is 1. The van der Waals surface area contributed by atoms with Crippen LogP contribution >= 0.6 is 0 Å². The molecule has 1 aromatic heterocycles. The molecule has 0 radical (unpaired) electrons. The third-order valence-electron chi connectivity index (χ3n) is 3.17. The molecule has 19 heavy (non-hydrogen) atoms. The van der Waals surface area contributed by atoms with Crippen LogP contribution in [0.25, 0.3) is 11.1 Å². The molecule has 96 valence electrons. The summed E-state index contributed by atoms with van der Waals surface area (Å²) in [5.74, 6) is 0. The van der Waals surface area contributed by atoms with Crippen LogP contribution in [0, 0.1) is 0 Å². The van der Waals surface area contributed by atoms with Gasteiger partial charge in [0, 0.05) is 18.8 Å². The third kappa shape index (κ3) is 2.48. The predicted octanol–water partition coefficient (Wildman–Crippen LogP) is 2.23. The molecule has 1 atom stereocenters. The van der Waals surface area contributed by atoms with Crippen LogP contribution in [0.5, 0.6) is 0 Å². The summed E-state index contributed by atoms with van der Waals surface area (Å²) in [5, 5.41) is 13.0. The molecule has 1 aromatic carbocycles. The predicted molar refractivity (Wildman–Crippen MR) is 72.8 cm³/mol. The molecule has 2 aromatic rings. The van der Waals surface area contributed by atoms with E-state index in [0.717, 1.165) is 22.4 Å². The SMILES string of the molecule is OC[C@H]1CC(c2ccc(-c3ccncc3)cc2)=NO1. The Balaban J connectivity index is 1.80. The molecule has 0 saturated carbocycles. The first-order valence-corrected chi connectivity index (χ1v) is 6.21. The Morgan fingerprint density at radius 2 is 1.63 bits per heavy atom. The molecule has 4 nitrogen and oxygen atoms in total. The first-order chi connectivity index (χ1) is 9.36. The van der Waals surface area contributed by atoms with Crippen molar-refractivity contribution in [3.8, 4) is 11.1 Å². The number of rotatable bonds is 3. The molecule has 0 bridgehead atoms. The Bertz CT molecular complexity index is 579. The fraction of sp³-hybridized carbons (Fsp3) is 0.200. The molecular formula is C15H14N2O2. The minimum Gasteiger partial charge on any atom is -0.392 e. The van der Waals surface area contributed by atoms with E-state index in [0.29, 0.717) is 6.42 Å². The Kier molecular flexibility index (Phi) is 3.25.